The zero-order chi connectivity index (χ0) is 21.3. The Labute approximate surface area is 177 Å². The molecular formula is C24H24N2O3S. The van der Waals surface area contributed by atoms with Crippen LogP contribution >= 0.6 is 0 Å². The number of aryl methyl sites for hydroxylation is 2. The van der Waals surface area contributed by atoms with Crippen LogP contribution in [0.1, 0.15) is 34.7 Å². The smallest absolute Gasteiger partial charge is 0.279 e. The van der Waals surface area contributed by atoms with Gasteiger partial charge in [0.1, 0.15) is 5.75 Å². The van der Waals surface area contributed by atoms with Crippen LogP contribution in [0, 0.1) is 13.8 Å². The van der Waals surface area contributed by atoms with Crippen molar-refractivity contribution in [3.05, 3.63) is 95.1 Å². The molecule has 0 amide bonds. The summed E-state index contributed by atoms with van der Waals surface area (Å²) in [4.78, 5) is 0.275. The summed E-state index contributed by atoms with van der Waals surface area (Å²) in [6.45, 7) is 3.82. The van der Waals surface area contributed by atoms with Crippen LogP contribution in [0.5, 0.6) is 5.75 Å². The normalized spacial score (nSPS) is 16.4. The Kier molecular flexibility index (Phi) is 5.35. The van der Waals surface area contributed by atoms with Gasteiger partial charge in [0, 0.05) is 6.42 Å². The second-order valence-corrected chi connectivity index (χ2v) is 9.21. The molecule has 0 unspecified atom stereocenters. The summed E-state index contributed by atoms with van der Waals surface area (Å²) >= 11 is 0. The summed E-state index contributed by atoms with van der Waals surface area (Å²) in [7, 11) is -2.21. The SMILES string of the molecule is COc1ccc([C@@H]2CC(c3ccc(C)cc3)=NN2S(=O)(=O)c2ccccc2C)cc1. The number of hydrogen-bond acceptors (Lipinski definition) is 4. The highest BCUT2D eigenvalue weighted by Crippen LogP contribution is 2.38. The summed E-state index contributed by atoms with van der Waals surface area (Å²) in [6.07, 6.45) is 0.500. The second-order valence-electron chi connectivity index (χ2n) is 7.45. The quantitative estimate of drug-likeness (QED) is 0.593. The lowest BCUT2D eigenvalue weighted by atomic mass is 9.98. The van der Waals surface area contributed by atoms with Crippen LogP contribution in [-0.4, -0.2) is 25.7 Å². The Bertz CT molecular complexity index is 1180. The number of sulfonamides is 1. The average molecular weight is 421 g/mol. The van der Waals surface area contributed by atoms with E-state index < -0.39 is 16.1 Å². The molecule has 3 aromatic carbocycles. The lowest BCUT2D eigenvalue weighted by Crippen LogP contribution is -2.27. The van der Waals surface area contributed by atoms with Crippen molar-refractivity contribution in [3.8, 4) is 5.75 Å². The predicted molar refractivity (Wildman–Crippen MR) is 118 cm³/mol. The molecule has 0 bridgehead atoms. The van der Waals surface area contributed by atoms with Gasteiger partial charge in [-0.2, -0.15) is 17.9 Å². The fourth-order valence-corrected chi connectivity index (χ4v) is 5.32. The summed E-state index contributed by atoms with van der Waals surface area (Å²) in [5, 5.41) is 4.61. The van der Waals surface area contributed by atoms with Gasteiger partial charge in [0.15, 0.2) is 0 Å². The first-order chi connectivity index (χ1) is 14.4. The molecule has 0 N–H and O–H groups in total. The lowest BCUT2D eigenvalue weighted by Gasteiger charge is -2.24. The Hall–Kier alpha value is -3.12. The molecule has 0 aliphatic carbocycles. The van der Waals surface area contributed by atoms with Crippen LogP contribution in [-0.2, 0) is 10.0 Å². The summed E-state index contributed by atoms with van der Waals surface area (Å²) < 4.78 is 33.7. The molecule has 6 heteroatoms. The van der Waals surface area contributed by atoms with Gasteiger partial charge in [-0.05, 0) is 48.7 Å². The number of hydrazone groups is 1. The van der Waals surface area contributed by atoms with Gasteiger partial charge in [-0.3, -0.25) is 0 Å². The highest BCUT2D eigenvalue weighted by molar-refractivity contribution is 7.89. The third-order valence-corrected chi connectivity index (χ3v) is 7.22. The number of hydrogen-bond donors (Lipinski definition) is 0. The lowest BCUT2D eigenvalue weighted by molar-refractivity contribution is 0.370. The second kappa shape index (κ2) is 7.95. The van der Waals surface area contributed by atoms with Crippen molar-refractivity contribution in [2.24, 2.45) is 5.10 Å². The van der Waals surface area contributed by atoms with E-state index in [4.69, 9.17) is 4.74 Å². The van der Waals surface area contributed by atoms with Crippen molar-refractivity contribution in [2.75, 3.05) is 7.11 Å². The van der Waals surface area contributed by atoms with Crippen molar-refractivity contribution in [2.45, 2.75) is 31.2 Å². The molecule has 30 heavy (non-hydrogen) atoms. The molecule has 4 rings (SSSR count). The minimum atomic E-state index is -3.82. The van der Waals surface area contributed by atoms with E-state index in [1.165, 1.54) is 4.41 Å². The van der Waals surface area contributed by atoms with E-state index in [0.717, 1.165) is 28.2 Å². The predicted octanol–water partition coefficient (Wildman–Crippen LogP) is 4.85. The molecule has 0 saturated carbocycles. The molecule has 154 valence electrons. The van der Waals surface area contributed by atoms with Crippen molar-refractivity contribution in [3.63, 3.8) is 0 Å². The molecule has 0 saturated heterocycles. The van der Waals surface area contributed by atoms with Crippen LogP contribution in [0.4, 0.5) is 0 Å². The van der Waals surface area contributed by atoms with Gasteiger partial charge < -0.3 is 4.74 Å². The molecule has 5 nitrogen and oxygen atoms in total. The van der Waals surface area contributed by atoms with Crippen LogP contribution in [0.2, 0.25) is 0 Å². The monoisotopic (exact) mass is 420 g/mol. The number of benzene rings is 3. The van der Waals surface area contributed by atoms with E-state index >= 15 is 0 Å². The van der Waals surface area contributed by atoms with E-state index in [2.05, 4.69) is 5.10 Å². The molecule has 0 spiro atoms. The van der Waals surface area contributed by atoms with Gasteiger partial charge >= 0.3 is 0 Å². The standard InChI is InChI=1S/C24H24N2O3S/c1-17-8-10-19(11-9-17)22-16-23(20-12-14-21(29-3)15-13-20)26(25-22)30(27,28)24-7-5-4-6-18(24)2/h4-15,23H,16H2,1-3H3/t23-/m0/s1. The van der Waals surface area contributed by atoms with Crippen molar-refractivity contribution in [1.82, 2.24) is 4.41 Å². The molecule has 0 aromatic heterocycles. The van der Waals surface area contributed by atoms with Crippen molar-refractivity contribution < 1.29 is 13.2 Å². The summed E-state index contributed by atoms with van der Waals surface area (Å²) in [5.74, 6) is 0.727. The topological polar surface area (TPSA) is 59.0 Å². The molecule has 0 radical (unpaired) electrons. The Morgan fingerprint density at radius 2 is 1.60 bits per heavy atom. The number of nitrogens with zero attached hydrogens (tertiary/aromatic N) is 2. The highest BCUT2D eigenvalue weighted by Gasteiger charge is 2.38. The largest absolute Gasteiger partial charge is 0.497 e. The van der Waals surface area contributed by atoms with Gasteiger partial charge in [-0.25, -0.2) is 0 Å². The van der Waals surface area contributed by atoms with Crippen LogP contribution in [0.15, 0.2) is 82.8 Å². The minimum absolute atomic E-state index is 0.275. The summed E-state index contributed by atoms with van der Waals surface area (Å²) in [5.41, 5.74) is 4.41. The molecule has 1 heterocycles. The first-order valence-corrected chi connectivity index (χ1v) is 11.2. The average Bonchev–Trinajstić information content (AvgIpc) is 3.21. The van der Waals surface area contributed by atoms with Crippen LogP contribution in [0.25, 0.3) is 0 Å². The van der Waals surface area contributed by atoms with E-state index in [9.17, 15) is 8.42 Å². The summed E-state index contributed by atoms with van der Waals surface area (Å²) in [6, 6.07) is 22.1. The molecule has 0 fully saturated rings. The first kappa shape index (κ1) is 20.2. The minimum Gasteiger partial charge on any atom is -0.497 e. The van der Waals surface area contributed by atoms with Crippen LogP contribution < -0.4 is 4.74 Å². The zero-order valence-corrected chi connectivity index (χ0v) is 18.1. The van der Waals surface area contributed by atoms with Crippen molar-refractivity contribution >= 4 is 15.7 Å². The fraction of sp³-hybridized carbons (Fsp3) is 0.208. The van der Waals surface area contributed by atoms with Crippen LogP contribution in [0.3, 0.4) is 0 Å². The maximum Gasteiger partial charge on any atom is 0.279 e. The Morgan fingerprint density at radius 3 is 2.23 bits per heavy atom. The van der Waals surface area contributed by atoms with E-state index in [-0.39, 0.29) is 4.90 Å². The molecular weight excluding hydrogens is 396 g/mol. The first-order valence-electron chi connectivity index (χ1n) is 9.78. The zero-order valence-electron chi connectivity index (χ0n) is 17.2. The maximum atomic E-state index is 13.6. The number of ether oxygens (including phenoxy) is 1. The van der Waals surface area contributed by atoms with Gasteiger partial charge in [0.2, 0.25) is 0 Å². The number of methoxy groups -OCH3 is 1. The third-order valence-electron chi connectivity index (χ3n) is 5.38. The molecule has 3 aromatic rings. The van der Waals surface area contributed by atoms with Gasteiger partial charge in [0.25, 0.3) is 10.0 Å². The van der Waals surface area contributed by atoms with E-state index in [0.29, 0.717) is 12.0 Å². The Morgan fingerprint density at radius 1 is 0.933 bits per heavy atom. The fourth-order valence-electron chi connectivity index (χ4n) is 3.65. The Balaban J connectivity index is 1.80. The van der Waals surface area contributed by atoms with Gasteiger partial charge in [0.05, 0.1) is 23.8 Å². The number of rotatable bonds is 5. The van der Waals surface area contributed by atoms with Gasteiger partial charge in [-0.15, -0.1) is 0 Å². The molecule has 1 aliphatic rings. The molecule has 1 aliphatic heterocycles. The molecule has 1 atom stereocenters. The maximum absolute atomic E-state index is 13.6. The van der Waals surface area contributed by atoms with Gasteiger partial charge in [-0.1, -0.05) is 60.2 Å². The van der Waals surface area contributed by atoms with E-state index in [1.54, 1.807) is 32.2 Å². The van der Waals surface area contributed by atoms with E-state index in [1.807, 2.05) is 61.5 Å². The van der Waals surface area contributed by atoms with Crippen molar-refractivity contribution in [1.29, 1.82) is 0 Å². The third kappa shape index (κ3) is 3.71. The highest BCUT2D eigenvalue weighted by atomic mass is 32.2.